The standard InChI is InChI=1S/C13H11Cl2N/c14-11-6-7-13(12(15)8-11)16-9-10-4-2-1-3-5-10/h1-8,16H,9H2. The molecule has 0 heterocycles. The molecule has 0 spiro atoms. The maximum atomic E-state index is 6.05. The van der Waals surface area contributed by atoms with Crippen LogP contribution >= 0.6 is 23.2 Å². The van der Waals surface area contributed by atoms with Gasteiger partial charge in [-0.3, -0.25) is 0 Å². The number of halogens is 2. The van der Waals surface area contributed by atoms with Crippen LogP contribution in [0.1, 0.15) is 5.56 Å². The molecule has 0 unspecified atom stereocenters. The van der Waals surface area contributed by atoms with Crippen molar-refractivity contribution < 1.29 is 0 Å². The first-order chi connectivity index (χ1) is 7.75. The molecule has 0 aliphatic rings. The highest BCUT2D eigenvalue weighted by molar-refractivity contribution is 6.36. The molecule has 2 rings (SSSR count). The van der Waals surface area contributed by atoms with E-state index in [2.05, 4.69) is 17.4 Å². The smallest absolute Gasteiger partial charge is 0.0652 e. The summed E-state index contributed by atoms with van der Waals surface area (Å²) in [6, 6.07) is 15.6. The fourth-order valence-electron chi connectivity index (χ4n) is 1.43. The van der Waals surface area contributed by atoms with Gasteiger partial charge in [0.05, 0.1) is 10.7 Å². The highest BCUT2D eigenvalue weighted by atomic mass is 35.5. The van der Waals surface area contributed by atoms with Crippen molar-refractivity contribution >= 4 is 28.9 Å². The Morgan fingerprint density at radius 1 is 0.938 bits per heavy atom. The minimum Gasteiger partial charge on any atom is -0.380 e. The minimum atomic E-state index is 0.642. The molecule has 0 saturated heterocycles. The molecular weight excluding hydrogens is 241 g/mol. The summed E-state index contributed by atoms with van der Waals surface area (Å²) in [4.78, 5) is 0. The molecule has 3 heteroatoms. The summed E-state index contributed by atoms with van der Waals surface area (Å²) in [6.07, 6.45) is 0. The van der Waals surface area contributed by atoms with Crippen molar-refractivity contribution in [3.8, 4) is 0 Å². The van der Waals surface area contributed by atoms with E-state index in [0.717, 1.165) is 12.2 Å². The van der Waals surface area contributed by atoms with Crippen LogP contribution in [0.15, 0.2) is 48.5 Å². The maximum absolute atomic E-state index is 6.05. The summed E-state index contributed by atoms with van der Waals surface area (Å²) in [5.41, 5.74) is 2.11. The lowest BCUT2D eigenvalue weighted by molar-refractivity contribution is 1.15. The molecule has 0 fully saturated rings. The van der Waals surface area contributed by atoms with E-state index in [-0.39, 0.29) is 0 Å². The van der Waals surface area contributed by atoms with Crippen LogP contribution < -0.4 is 5.32 Å². The fourth-order valence-corrected chi connectivity index (χ4v) is 1.90. The molecule has 0 saturated carbocycles. The summed E-state index contributed by atoms with van der Waals surface area (Å²) >= 11 is 11.9. The second-order valence-electron chi connectivity index (χ2n) is 3.46. The van der Waals surface area contributed by atoms with E-state index in [1.165, 1.54) is 5.56 Å². The van der Waals surface area contributed by atoms with Crippen LogP contribution in [0.3, 0.4) is 0 Å². The van der Waals surface area contributed by atoms with Crippen LogP contribution in [0.2, 0.25) is 10.0 Å². The molecule has 2 aromatic carbocycles. The first kappa shape index (κ1) is 11.3. The maximum Gasteiger partial charge on any atom is 0.0652 e. The summed E-state index contributed by atoms with van der Waals surface area (Å²) in [7, 11) is 0. The van der Waals surface area contributed by atoms with E-state index in [4.69, 9.17) is 23.2 Å². The van der Waals surface area contributed by atoms with Crippen LogP contribution in [0.25, 0.3) is 0 Å². The molecule has 82 valence electrons. The van der Waals surface area contributed by atoms with Crippen molar-refractivity contribution in [2.75, 3.05) is 5.32 Å². The fraction of sp³-hybridized carbons (Fsp3) is 0.0769. The van der Waals surface area contributed by atoms with Gasteiger partial charge in [0.1, 0.15) is 0 Å². The molecule has 0 atom stereocenters. The van der Waals surface area contributed by atoms with Crippen LogP contribution in [-0.4, -0.2) is 0 Å². The van der Waals surface area contributed by atoms with Gasteiger partial charge in [-0.05, 0) is 23.8 Å². The van der Waals surface area contributed by atoms with Gasteiger partial charge in [0.15, 0.2) is 0 Å². The third-order valence-corrected chi connectivity index (χ3v) is 2.80. The highest BCUT2D eigenvalue weighted by Crippen LogP contribution is 2.25. The lowest BCUT2D eigenvalue weighted by Gasteiger charge is -2.08. The zero-order chi connectivity index (χ0) is 11.4. The van der Waals surface area contributed by atoms with Gasteiger partial charge >= 0.3 is 0 Å². The topological polar surface area (TPSA) is 12.0 Å². The lowest BCUT2D eigenvalue weighted by atomic mass is 10.2. The molecule has 0 aromatic heterocycles. The number of hydrogen-bond acceptors (Lipinski definition) is 1. The second-order valence-corrected chi connectivity index (χ2v) is 4.31. The molecule has 0 radical (unpaired) electrons. The van der Waals surface area contributed by atoms with Crippen LogP contribution in [0.4, 0.5) is 5.69 Å². The van der Waals surface area contributed by atoms with Gasteiger partial charge in [-0.2, -0.15) is 0 Å². The van der Waals surface area contributed by atoms with E-state index in [1.807, 2.05) is 30.3 Å². The first-order valence-electron chi connectivity index (χ1n) is 4.98. The summed E-state index contributed by atoms with van der Waals surface area (Å²) in [5, 5.41) is 4.56. The average molecular weight is 252 g/mol. The van der Waals surface area contributed by atoms with Crippen LogP contribution in [0, 0.1) is 0 Å². The van der Waals surface area contributed by atoms with Gasteiger partial charge in [-0.1, -0.05) is 53.5 Å². The summed E-state index contributed by atoms with van der Waals surface area (Å²) < 4.78 is 0. The average Bonchev–Trinajstić information content (AvgIpc) is 2.29. The van der Waals surface area contributed by atoms with Gasteiger partial charge in [0.25, 0.3) is 0 Å². The summed E-state index contributed by atoms with van der Waals surface area (Å²) in [6.45, 7) is 0.752. The normalized spacial score (nSPS) is 10.1. The quantitative estimate of drug-likeness (QED) is 0.841. The molecule has 0 aliphatic carbocycles. The van der Waals surface area contributed by atoms with Crippen molar-refractivity contribution in [3.05, 3.63) is 64.1 Å². The molecule has 16 heavy (non-hydrogen) atoms. The minimum absolute atomic E-state index is 0.642. The Labute approximate surface area is 105 Å². The Morgan fingerprint density at radius 2 is 1.69 bits per heavy atom. The molecule has 1 N–H and O–H groups in total. The monoisotopic (exact) mass is 251 g/mol. The Morgan fingerprint density at radius 3 is 2.38 bits per heavy atom. The molecular formula is C13H11Cl2N. The first-order valence-corrected chi connectivity index (χ1v) is 5.74. The summed E-state index contributed by atoms with van der Waals surface area (Å²) in [5.74, 6) is 0. The van der Waals surface area contributed by atoms with E-state index in [9.17, 15) is 0 Å². The zero-order valence-electron chi connectivity index (χ0n) is 8.58. The lowest BCUT2D eigenvalue weighted by Crippen LogP contribution is -1.99. The number of anilines is 1. The predicted molar refractivity (Wildman–Crippen MR) is 70.2 cm³/mol. The Kier molecular flexibility index (Phi) is 3.70. The van der Waals surface area contributed by atoms with Crippen molar-refractivity contribution in [3.63, 3.8) is 0 Å². The molecule has 1 nitrogen and oxygen atoms in total. The van der Waals surface area contributed by atoms with Gasteiger partial charge in [0, 0.05) is 11.6 Å². The third-order valence-electron chi connectivity index (χ3n) is 2.26. The zero-order valence-corrected chi connectivity index (χ0v) is 10.1. The van der Waals surface area contributed by atoms with Crippen molar-refractivity contribution in [2.45, 2.75) is 6.54 Å². The molecule has 0 aliphatic heterocycles. The Bertz CT molecular complexity index is 469. The second kappa shape index (κ2) is 5.24. The Hall–Kier alpha value is -1.18. The highest BCUT2D eigenvalue weighted by Gasteiger charge is 2.00. The molecule has 0 bridgehead atoms. The molecule has 0 amide bonds. The molecule has 2 aromatic rings. The van der Waals surface area contributed by atoms with Crippen LogP contribution in [-0.2, 0) is 6.54 Å². The van der Waals surface area contributed by atoms with E-state index >= 15 is 0 Å². The number of hydrogen-bond donors (Lipinski definition) is 1. The van der Waals surface area contributed by atoms with Gasteiger partial charge in [-0.25, -0.2) is 0 Å². The van der Waals surface area contributed by atoms with E-state index in [0.29, 0.717) is 10.0 Å². The van der Waals surface area contributed by atoms with Crippen molar-refractivity contribution in [1.29, 1.82) is 0 Å². The number of rotatable bonds is 3. The SMILES string of the molecule is Clc1ccc(NCc2ccccc2)c(Cl)c1. The van der Waals surface area contributed by atoms with Gasteiger partial charge in [0.2, 0.25) is 0 Å². The van der Waals surface area contributed by atoms with E-state index in [1.54, 1.807) is 6.07 Å². The number of nitrogens with one attached hydrogen (secondary N) is 1. The predicted octanol–water partition coefficient (Wildman–Crippen LogP) is 4.61. The largest absolute Gasteiger partial charge is 0.380 e. The van der Waals surface area contributed by atoms with E-state index < -0.39 is 0 Å². The van der Waals surface area contributed by atoms with Gasteiger partial charge in [-0.15, -0.1) is 0 Å². The van der Waals surface area contributed by atoms with Crippen molar-refractivity contribution in [1.82, 2.24) is 0 Å². The third kappa shape index (κ3) is 2.91. The van der Waals surface area contributed by atoms with Gasteiger partial charge < -0.3 is 5.32 Å². The van der Waals surface area contributed by atoms with Crippen molar-refractivity contribution in [2.24, 2.45) is 0 Å². The van der Waals surface area contributed by atoms with Crippen LogP contribution in [0.5, 0.6) is 0 Å². The Balaban J connectivity index is 2.05. The number of benzene rings is 2.